The first-order chi connectivity index (χ1) is 10.2. The van der Waals surface area contributed by atoms with Crippen LogP contribution < -0.4 is 0 Å². The van der Waals surface area contributed by atoms with E-state index in [0.717, 1.165) is 23.5 Å². The number of oxime groups is 1. The third-order valence-electron chi connectivity index (χ3n) is 8.88. The van der Waals surface area contributed by atoms with Gasteiger partial charge < -0.3 is 5.21 Å². The summed E-state index contributed by atoms with van der Waals surface area (Å²) >= 11 is 0. The van der Waals surface area contributed by atoms with Crippen LogP contribution in [0.15, 0.2) is 16.3 Å². The Bertz CT molecular complexity index is 579. The SMILES string of the molecule is CC1[C@H]2C[C@H](CC2=C2C(=NO)[C@@H]3C[C@H]2C(C)(C)C3C)C1(C)C. The Hall–Kier alpha value is -0.790. The molecule has 2 unspecified atom stereocenters. The summed E-state index contributed by atoms with van der Waals surface area (Å²) in [5.41, 5.74) is 5.06. The number of rotatable bonds is 0. The molecule has 4 aliphatic rings. The second-order valence-corrected chi connectivity index (χ2v) is 9.78. The summed E-state index contributed by atoms with van der Waals surface area (Å²) in [6.45, 7) is 14.6. The van der Waals surface area contributed by atoms with Crippen LogP contribution in [0.25, 0.3) is 0 Å². The molecule has 0 aromatic carbocycles. The molecule has 0 radical (unpaired) electrons. The first-order valence-corrected chi connectivity index (χ1v) is 9.16. The highest BCUT2D eigenvalue weighted by atomic mass is 16.4. The Balaban J connectivity index is 1.81. The minimum atomic E-state index is 0.349. The third-order valence-corrected chi connectivity index (χ3v) is 8.88. The molecule has 6 atom stereocenters. The highest BCUT2D eigenvalue weighted by molar-refractivity contribution is 6.06. The van der Waals surface area contributed by atoms with E-state index in [-0.39, 0.29) is 0 Å². The molecule has 2 nitrogen and oxygen atoms in total. The van der Waals surface area contributed by atoms with Gasteiger partial charge in [0.2, 0.25) is 0 Å². The molecule has 0 aliphatic heterocycles. The van der Waals surface area contributed by atoms with Crippen molar-refractivity contribution in [2.45, 2.75) is 60.8 Å². The maximum atomic E-state index is 9.70. The van der Waals surface area contributed by atoms with Gasteiger partial charge in [0.25, 0.3) is 0 Å². The van der Waals surface area contributed by atoms with E-state index in [9.17, 15) is 5.21 Å². The van der Waals surface area contributed by atoms with Gasteiger partial charge in [0, 0.05) is 5.92 Å². The molecule has 2 heteroatoms. The summed E-state index contributed by atoms with van der Waals surface area (Å²) < 4.78 is 0. The summed E-state index contributed by atoms with van der Waals surface area (Å²) in [6.07, 6.45) is 3.82. The molecule has 0 heterocycles. The largest absolute Gasteiger partial charge is 0.411 e. The lowest BCUT2D eigenvalue weighted by Crippen LogP contribution is -2.37. The fourth-order valence-corrected chi connectivity index (χ4v) is 6.55. The molecule has 4 bridgehead atoms. The van der Waals surface area contributed by atoms with Crippen molar-refractivity contribution in [2.75, 3.05) is 0 Å². The lowest BCUT2D eigenvalue weighted by Gasteiger charge is -2.42. The van der Waals surface area contributed by atoms with Gasteiger partial charge in [0.1, 0.15) is 0 Å². The molecule has 0 aromatic heterocycles. The van der Waals surface area contributed by atoms with Gasteiger partial charge in [-0.1, -0.05) is 52.3 Å². The average molecular weight is 301 g/mol. The lowest BCUT2D eigenvalue weighted by molar-refractivity contribution is 0.160. The number of allylic oxidation sites excluding steroid dienone is 2. The molecule has 0 aromatic rings. The number of nitrogens with zero attached hydrogens (tertiary/aromatic N) is 1. The molecule has 22 heavy (non-hydrogen) atoms. The van der Waals surface area contributed by atoms with E-state index in [2.05, 4.69) is 46.7 Å². The Kier molecular flexibility index (Phi) is 2.81. The van der Waals surface area contributed by atoms with Gasteiger partial charge in [-0.25, -0.2) is 0 Å². The van der Waals surface area contributed by atoms with Crippen LogP contribution in [0.5, 0.6) is 0 Å². The van der Waals surface area contributed by atoms with Crippen LogP contribution in [-0.4, -0.2) is 10.9 Å². The molecule has 122 valence electrons. The predicted octanol–water partition coefficient (Wildman–Crippen LogP) is 5.13. The lowest BCUT2D eigenvalue weighted by atomic mass is 9.62. The molecule has 4 saturated carbocycles. The van der Waals surface area contributed by atoms with Crippen LogP contribution in [0.2, 0.25) is 0 Å². The summed E-state index contributed by atoms with van der Waals surface area (Å²) in [4.78, 5) is 0. The Morgan fingerprint density at radius 2 is 1.59 bits per heavy atom. The van der Waals surface area contributed by atoms with Crippen LogP contribution in [0.1, 0.15) is 60.8 Å². The minimum Gasteiger partial charge on any atom is -0.411 e. The van der Waals surface area contributed by atoms with E-state index in [0.29, 0.717) is 28.6 Å². The zero-order chi connectivity index (χ0) is 16.0. The van der Waals surface area contributed by atoms with Crippen molar-refractivity contribution in [1.29, 1.82) is 0 Å². The fourth-order valence-electron chi connectivity index (χ4n) is 6.55. The topological polar surface area (TPSA) is 32.6 Å². The molecule has 4 aliphatic carbocycles. The van der Waals surface area contributed by atoms with Crippen molar-refractivity contribution in [3.05, 3.63) is 11.1 Å². The standard InChI is InChI=1S/C20H31NO/c1-10-13-7-12(19(10,3)4)8-15(13)17-16-9-14(18(17)21-22)11(2)20(16,5)6/h10-14,16,22H,7-9H2,1-6H3/t10?,11?,12-,13-,14-,16-/m1/s1. The van der Waals surface area contributed by atoms with E-state index in [1.165, 1.54) is 24.8 Å². The monoisotopic (exact) mass is 301 g/mol. The van der Waals surface area contributed by atoms with Crippen molar-refractivity contribution in [3.63, 3.8) is 0 Å². The quantitative estimate of drug-likeness (QED) is 0.488. The van der Waals surface area contributed by atoms with Gasteiger partial charge in [0.05, 0.1) is 5.71 Å². The molecule has 1 N–H and O–H groups in total. The van der Waals surface area contributed by atoms with Crippen LogP contribution >= 0.6 is 0 Å². The van der Waals surface area contributed by atoms with Gasteiger partial charge >= 0.3 is 0 Å². The first-order valence-electron chi connectivity index (χ1n) is 9.16. The molecule has 0 spiro atoms. The molecular formula is C20H31NO. The summed E-state index contributed by atoms with van der Waals surface area (Å²) in [5, 5.41) is 13.5. The third kappa shape index (κ3) is 1.50. The Morgan fingerprint density at radius 1 is 0.955 bits per heavy atom. The van der Waals surface area contributed by atoms with Gasteiger partial charge in [-0.3, -0.25) is 0 Å². The molecule has 0 saturated heterocycles. The molecule has 4 fully saturated rings. The summed E-state index contributed by atoms with van der Waals surface area (Å²) in [6, 6.07) is 0. The zero-order valence-corrected chi connectivity index (χ0v) is 15.0. The number of hydrogen-bond acceptors (Lipinski definition) is 2. The second kappa shape index (κ2) is 4.19. The molecule has 0 amide bonds. The van der Waals surface area contributed by atoms with Gasteiger partial charge in [-0.05, 0) is 65.3 Å². The van der Waals surface area contributed by atoms with Crippen LogP contribution in [0, 0.1) is 46.3 Å². The van der Waals surface area contributed by atoms with Gasteiger partial charge in [-0.15, -0.1) is 0 Å². The van der Waals surface area contributed by atoms with Crippen molar-refractivity contribution in [2.24, 2.45) is 51.5 Å². The summed E-state index contributed by atoms with van der Waals surface area (Å²) in [7, 11) is 0. The zero-order valence-electron chi connectivity index (χ0n) is 15.0. The fraction of sp³-hybridized carbons (Fsp3) is 0.850. The van der Waals surface area contributed by atoms with E-state index in [1.807, 2.05) is 0 Å². The predicted molar refractivity (Wildman–Crippen MR) is 89.9 cm³/mol. The van der Waals surface area contributed by atoms with Crippen molar-refractivity contribution in [1.82, 2.24) is 0 Å². The normalized spacial score (nSPS) is 52.9. The van der Waals surface area contributed by atoms with Gasteiger partial charge in [0.15, 0.2) is 0 Å². The maximum Gasteiger partial charge on any atom is 0.0864 e. The van der Waals surface area contributed by atoms with Crippen molar-refractivity contribution < 1.29 is 5.21 Å². The molecular weight excluding hydrogens is 270 g/mol. The van der Waals surface area contributed by atoms with Crippen LogP contribution in [0.3, 0.4) is 0 Å². The Labute approximate surface area is 135 Å². The van der Waals surface area contributed by atoms with Gasteiger partial charge in [-0.2, -0.15) is 0 Å². The highest BCUT2D eigenvalue weighted by Crippen LogP contribution is 2.66. The average Bonchev–Trinajstić information content (AvgIpc) is 3.14. The van der Waals surface area contributed by atoms with E-state index < -0.39 is 0 Å². The Morgan fingerprint density at radius 3 is 2.14 bits per heavy atom. The van der Waals surface area contributed by atoms with E-state index >= 15 is 0 Å². The number of fused-ring (bicyclic) bond motifs is 4. The first kappa shape index (κ1) is 14.8. The number of hydrogen-bond donors (Lipinski definition) is 1. The van der Waals surface area contributed by atoms with Crippen LogP contribution in [-0.2, 0) is 0 Å². The molecule has 4 rings (SSSR count). The van der Waals surface area contributed by atoms with Crippen LogP contribution in [0.4, 0.5) is 0 Å². The summed E-state index contributed by atoms with van der Waals surface area (Å²) in [5.74, 6) is 4.04. The highest BCUT2D eigenvalue weighted by Gasteiger charge is 2.60. The van der Waals surface area contributed by atoms with Crippen molar-refractivity contribution in [3.8, 4) is 0 Å². The maximum absolute atomic E-state index is 9.70. The van der Waals surface area contributed by atoms with Crippen molar-refractivity contribution >= 4 is 5.71 Å². The minimum absolute atomic E-state index is 0.349. The second-order valence-electron chi connectivity index (χ2n) is 9.78. The van der Waals surface area contributed by atoms with E-state index in [4.69, 9.17) is 0 Å². The smallest absolute Gasteiger partial charge is 0.0864 e. The van der Waals surface area contributed by atoms with E-state index in [1.54, 1.807) is 5.57 Å².